The number of aryl methyl sites for hydroxylation is 2. The normalized spacial score (nSPS) is 10.3. The Balaban J connectivity index is 2.02. The summed E-state index contributed by atoms with van der Waals surface area (Å²) in [4.78, 5) is 12.0. The molecule has 0 unspecified atom stereocenters. The van der Waals surface area contributed by atoms with Crippen molar-refractivity contribution >= 4 is 21.7 Å². The molecular formula is C16H15BrO2. The van der Waals surface area contributed by atoms with E-state index in [1.165, 1.54) is 0 Å². The van der Waals surface area contributed by atoms with Crippen molar-refractivity contribution in [2.75, 3.05) is 6.61 Å². The lowest BCUT2D eigenvalue weighted by Gasteiger charge is -2.09. The number of ketones is 1. The average molecular weight is 319 g/mol. The maximum absolute atomic E-state index is 12.0. The van der Waals surface area contributed by atoms with Gasteiger partial charge in [0, 0.05) is 10.0 Å². The second-order valence-electron chi connectivity index (χ2n) is 4.49. The summed E-state index contributed by atoms with van der Waals surface area (Å²) in [6, 6.07) is 13.2. The van der Waals surface area contributed by atoms with Crippen molar-refractivity contribution in [3.8, 4) is 5.75 Å². The van der Waals surface area contributed by atoms with Gasteiger partial charge < -0.3 is 4.74 Å². The van der Waals surface area contributed by atoms with Gasteiger partial charge in [-0.25, -0.2) is 0 Å². The smallest absolute Gasteiger partial charge is 0.200 e. The number of carbonyl (C=O) groups excluding carboxylic acids is 1. The molecule has 0 heterocycles. The standard InChI is InChI=1S/C16H15BrO2/c1-11-3-5-13(6-4-11)15(18)10-19-16-8-7-14(17)9-12(16)2/h3-9H,10H2,1-2H3. The third-order valence-corrected chi connectivity index (χ3v) is 3.36. The largest absolute Gasteiger partial charge is 0.485 e. The number of Topliss-reactive ketones (excluding diaryl/α,β-unsaturated/α-hetero) is 1. The zero-order valence-corrected chi connectivity index (χ0v) is 12.5. The van der Waals surface area contributed by atoms with Gasteiger partial charge in [0.05, 0.1) is 0 Å². The van der Waals surface area contributed by atoms with E-state index in [4.69, 9.17) is 4.74 Å². The van der Waals surface area contributed by atoms with Crippen LogP contribution in [0.25, 0.3) is 0 Å². The monoisotopic (exact) mass is 318 g/mol. The van der Waals surface area contributed by atoms with Gasteiger partial charge in [-0.05, 0) is 37.6 Å². The maximum atomic E-state index is 12.0. The Bertz CT molecular complexity index is 588. The third kappa shape index (κ3) is 3.67. The molecule has 0 fully saturated rings. The molecule has 2 rings (SSSR count). The summed E-state index contributed by atoms with van der Waals surface area (Å²) in [5, 5.41) is 0. The van der Waals surface area contributed by atoms with E-state index in [1.54, 1.807) is 0 Å². The zero-order valence-electron chi connectivity index (χ0n) is 10.9. The number of carbonyl (C=O) groups is 1. The Labute approximate surface area is 121 Å². The van der Waals surface area contributed by atoms with Crippen LogP contribution in [0.5, 0.6) is 5.75 Å². The van der Waals surface area contributed by atoms with Crippen LogP contribution < -0.4 is 4.74 Å². The molecule has 2 aromatic carbocycles. The first-order valence-corrected chi connectivity index (χ1v) is 6.84. The molecule has 0 saturated carbocycles. The lowest BCUT2D eigenvalue weighted by molar-refractivity contribution is 0.0921. The number of rotatable bonds is 4. The average Bonchev–Trinajstić information content (AvgIpc) is 2.38. The fourth-order valence-corrected chi connectivity index (χ4v) is 2.22. The van der Waals surface area contributed by atoms with E-state index in [9.17, 15) is 4.79 Å². The lowest BCUT2D eigenvalue weighted by Crippen LogP contribution is -2.12. The molecule has 0 radical (unpaired) electrons. The van der Waals surface area contributed by atoms with Crippen molar-refractivity contribution in [2.24, 2.45) is 0 Å². The minimum absolute atomic E-state index is 0.0117. The van der Waals surface area contributed by atoms with Crippen LogP contribution in [-0.2, 0) is 0 Å². The molecular weight excluding hydrogens is 304 g/mol. The summed E-state index contributed by atoms with van der Waals surface area (Å²) < 4.78 is 6.57. The van der Waals surface area contributed by atoms with Crippen molar-refractivity contribution in [1.82, 2.24) is 0 Å². The summed E-state index contributed by atoms with van der Waals surface area (Å²) in [5.74, 6) is 0.728. The van der Waals surface area contributed by atoms with Crippen molar-refractivity contribution in [3.05, 3.63) is 63.6 Å². The molecule has 0 aliphatic rings. The van der Waals surface area contributed by atoms with E-state index in [0.717, 1.165) is 21.3 Å². The van der Waals surface area contributed by atoms with E-state index in [0.29, 0.717) is 5.56 Å². The highest BCUT2D eigenvalue weighted by Crippen LogP contribution is 2.22. The SMILES string of the molecule is Cc1ccc(C(=O)COc2ccc(Br)cc2C)cc1. The van der Waals surface area contributed by atoms with Gasteiger partial charge in [0.2, 0.25) is 0 Å². The fraction of sp³-hybridized carbons (Fsp3) is 0.188. The van der Waals surface area contributed by atoms with E-state index in [-0.39, 0.29) is 12.4 Å². The lowest BCUT2D eigenvalue weighted by atomic mass is 10.1. The van der Waals surface area contributed by atoms with E-state index in [2.05, 4.69) is 15.9 Å². The van der Waals surface area contributed by atoms with Gasteiger partial charge in [-0.1, -0.05) is 45.8 Å². The number of ether oxygens (including phenoxy) is 1. The van der Waals surface area contributed by atoms with Crippen LogP contribution >= 0.6 is 15.9 Å². The molecule has 0 bridgehead atoms. The third-order valence-electron chi connectivity index (χ3n) is 2.87. The first-order valence-electron chi connectivity index (χ1n) is 6.05. The second kappa shape index (κ2) is 6.02. The number of hydrogen-bond donors (Lipinski definition) is 0. The molecule has 0 aliphatic carbocycles. The van der Waals surface area contributed by atoms with Crippen LogP contribution in [0.1, 0.15) is 21.5 Å². The molecule has 2 aromatic rings. The molecule has 0 saturated heterocycles. The van der Waals surface area contributed by atoms with Crippen LogP contribution in [0.2, 0.25) is 0 Å². The van der Waals surface area contributed by atoms with Crippen LogP contribution in [0.4, 0.5) is 0 Å². The van der Waals surface area contributed by atoms with Crippen LogP contribution in [0, 0.1) is 13.8 Å². The van der Waals surface area contributed by atoms with E-state index < -0.39 is 0 Å². The fourth-order valence-electron chi connectivity index (χ4n) is 1.74. The highest BCUT2D eigenvalue weighted by molar-refractivity contribution is 9.10. The first-order chi connectivity index (χ1) is 9.06. The quantitative estimate of drug-likeness (QED) is 0.784. The van der Waals surface area contributed by atoms with Gasteiger partial charge in [-0.15, -0.1) is 0 Å². The second-order valence-corrected chi connectivity index (χ2v) is 5.40. The Morgan fingerprint density at radius 1 is 1.11 bits per heavy atom. The Kier molecular flexibility index (Phi) is 4.38. The summed E-state index contributed by atoms with van der Waals surface area (Å²) in [5.41, 5.74) is 2.83. The van der Waals surface area contributed by atoms with Gasteiger partial charge in [0.15, 0.2) is 12.4 Å². The molecule has 3 heteroatoms. The van der Waals surface area contributed by atoms with Gasteiger partial charge in [0.25, 0.3) is 0 Å². The van der Waals surface area contributed by atoms with Gasteiger partial charge in [0.1, 0.15) is 5.75 Å². The predicted molar refractivity (Wildman–Crippen MR) is 79.9 cm³/mol. The van der Waals surface area contributed by atoms with Crippen molar-refractivity contribution in [2.45, 2.75) is 13.8 Å². The number of hydrogen-bond acceptors (Lipinski definition) is 2. The molecule has 0 aromatic heterocycles. The minimum atomic E-state index is -0.0117. The molecule has 0 spiro atoms. The van der Waals surface area contributed by atoms with Crippen LogP contribution in [-0.4, -0.2) is 12.4 Å². The molecule has 0 N–H and O–H groups in total. The number of benzene rings is 2. The molecule has 0 atom stereocenters. The number of halogens is 1. The van der Waals surface area contributed by atoms with Crippen LogP contribution in [0.3, 0.4) is 0 Å². The van der Waals surface area contributed by atoms with Gasteiger partial charge >= 0.3 is 0 Å². The molecule has 2 nitrogen and oxygen atoms in total. The Hall–Kier alpha value is -1.61. The predicted octanol–water partition coefficient (Wildman–Crippen LogP) is 4.33. The molecule has 0 amide bonds. The Morgan fingerprint density at radius 3 is 2.42 bits per heavy atom. The van der Waals surface area contributed by atoms with E-state index in [1.807, 2.05) is 56.3 Å². The summed E-state index contributed by atoms with van der Waals surface area (Å²) in [6.07, 6.45) is 0. The highest BCUT2D eigenvalue weighted by atomic mass is 79.9. The van der Waals surface area contributed by atoms with Crippen molar-refractivity contribution in [3.63, 3.8) is 0 Å². The topological polar surface area (TPSA) is 26.3 Å². The van der Waals surface area contributed by atoms with Gasteiger partial charge in [-0.2, -0.15) is 0 Å². The van der Waals surface area contributed by atoms with Crippen molar-refractivity contribution < 1.29 is 9.53 Å². The van der Waals surface area contributed by atoms with Gasteiger partial charge in [-0.3, -0.25) is 4.79 Å². The molecule has 0 aliphatic heterocycles. The Morgan fingerprint density at radius 2 is 1.79 bits per heavy atom. The summed E-state index contributed by atoms with van der Waals surface area (Å²) in [6.45, 7) is 4.01. The highest BCUT2D eigenvalue weighted by Gasteiger charge is 2.07. The van der Waals surface area contributed by atoms with E-state index >= 15 is 0 Å². The zero-order chi connectivity index (χ0) is 13.8. The minimum Gasteiger partial charge on any atom is -0.485 e. The first kappa shape index (κ1) is 13.8. The van der Waals surface area contributed by atoms with Crippen LogP contribution in [0.15, 0.2) is 46.9 Å². The molecule has 19 heavy (non-hydrogen) atoms. The summed E-state index contributed by atoms with van der Waals surface area (Å²) in [7, 11) is 0. The maximum Gasteiger partial charge on any atom is 0.200 e. The molecule has 98 valence electrons. The van der Waals surface area contributed by atoms with Crippen molar-refractivity contribution in [1.29, 1.82) is 0 Å². The summed E-state index contributed by atoms with van der Waals surface area (Å²) >= 11 is 3.40.